The highest BCUT2D eigenvalue weighted by atomic mass is 16.5. The van der Waals surface area contributed by atoms with Crippen LogP contribution in [0, 0.1) is 0 Å². The van der Waals surface area contributed by atoms with Gasteiger partial charge in [-0.15, -0.1) is 0 Å². The van der Waals surface area contributed by atoms with Gasteiger partial charge in [-0.1, -0.05) is 20.3 Å². The number of hydrogen-bond acceptors (Lipinski definition) is 4. The van der Waals surface area contributed by atoms with Crippen LogP contribution in [0.25, 0.3) is 0 Å². The van der Waals surface area contributed by atoms with E-state index in [0.29, 0.717) is 26.4 Å². The fourth-order valence-electron chi connectivity index (χ4n) is 1.37. The molecule has 1 N–H and O–H groups in total. The van der Waals surface area contributed by atoms with E-state index >= 15 is 0 Å². The summed E-state index contributed by atoms with van der Waals surface area (Å²) in [7, 11) is 0. The lowest BCUT2D eigenvalue weighted by Crippen LogP contribution is -2.40. The van der Waals surface area contributed by atoms with Crippen LogP contribution in [0.5, 0.6) is 0 Å². The van der Waals surface area contributed by atoms with Gasteiger partial charge in [0.2, 0.25) is 0 Å². The van der Waals surface area contributed by atoms with Crippen molar-refractivity contribution in [3.8, 4) is 0 Å². The van der Waals surface area contributed by atoms with Crippen LogP contribution in [0.15, 0.2) is 0 Å². The monoisotopic (exact) mass is 275 g/mol. The average Bonchev–Trinajstić information content (AvgIpc) is 2.40. The molecular weight excluding hydrogens is 242 g/mol. The molecule has 0 atom stereocenters. The van der Waals surface area contributed by atoms with Crippen molar-refractivity contribution < 1.29 is 14.2 Å². The zero-order valence-electron chi connectivity index (χ0n) is 13.3. The van der Waals surface area contributed by atoms with Crippen molar-refractivity contribution in [2.75, 3.05) is 46.2 Å². The molecule has 0 aromatic heterocycles. The maximum absolute atomic E-state index is 5.49. The van der Waals surface area contributed by atoms with E-state index < -0.39 is 0 Å². The maximum atomic E-state index is 5.49. The second-order valence-electron chi connectivity index (χ2n) is 5.35. The molecule has 0 bridgehead atoms. The fraction of sp³-hybridized carbons (Fsp3) is 1.00. The first-order valence-corrected chi connectivity index (χ1v) is 7.60. The molecule has 0 spiro atoms. The van der Waals surface area contributed by atoms with Gasteiger partial charge in [-0.25, -0.2) is 0 Å². The lowest BCUT2D eigenvalue weighted by atomic mass is 10.0. The molecule has 0 aliphatic rings. The van der Waals surface area contributed by atoms with Gasteiger partial charge in [0.05, 0.1) is 33.0 Å². The van der Waals surface area contributed by atoms with Crippen LogP contribution in [0.1, 0.15) is 47.0 Å². The molecule has 0 rings (SSSR count). The minimum absolute atomic E-state index is 0.204. The van der Waals surface area contributed by atoms with E-state index in [4.69, 9.17) is 14.2 Å². The molecule has 0 aliphatic carbocycles. The second kappa shape index (κ2) is 12.9. The van der Waals surface area contributed by atoms with Crippen molar-refractivity contribution in [3.63, 3.8) is 0 Å². The topological polar surface area (TPSA) is 39.7 Å². The van der Waals surface area contributed by atoms with Gasteiger partial charge in [0, 0.05) is 18.7 Å². The third-order valence-corrected chi connectivity index (χ3v) is 3.12. The van der Waals surface area contributed by atoms with Gasteiger partial charge in [0.25, 0.3) is 0 Å². The van der Waals surface area contributed by atoms with Gasteiger partial charge in [0.15, 0.2) is 0 Å². The Morgan fingerprint density at radius 3 is 1.84 bits per heavy atom. The molecule has 0 saturated heterocycles. The molecule has 0 heterocycles. The molecule has 0 unspecified atom stereocenters. The third-order valence-electron chi connectivity index (χ3n) is 3.12. The lowest BCUT2D eigenvalue weighted by molar-refractivity contribution is 0.0140. The molecule has 4 heteroatoms. The van der Waals surface area contributed by atoms with E-state index in [1.165, 1.54) is 6.42 Å². The van der Waals surface area contributed by atoms with E-state index in [2.05, 4.69) is 33.0 Å². The minimum atomic E-state index is 0.204. The van der Waals surface area contributed by atoms with Crippen molar-refractivity contribution >= 4 is 0 Å². The summed E-state index contributed by atoms with van der Waals surface area (Å²) in [6, 6.07) is 0. The van der Waals surface area contributed by atoms with E-state index in [-0.39, 0.29) is 5.54 Å². The third kappa shape index (κ3) is 14.1. The number of hydrogen-bond donors (Lipinski definition) is 1. The summed E-state index contributed by atoms with van der Waals surface area (Å²) in [5.74, 6) is 0. The molecule has 0 aromatic carbocycles. The predicted octanol–water partition coefficient (Wildman–Crippen LogP) is 2.61. The summed E-state index contributed by atoms with van der Waals surface area (Å²) in [5.41, 5.74) is 0.204. The van der Waals surface area contributed by atoms with Crippen LogP contribution >= 0.6 is 0 Å². The van der Waals surface area contributed by atoms with Crippen LogP contribution in [0.4, 0.5) is 0 Å². The molecule has 0 amide bonds. The zero-order chi connectivity index (χ0) is 14.4. The van der Waals surface area contributed by atoms with Gasteiger partial charge in [0.1, 0.15) is 0 Å². The minimum Gasteiger partial charge on any atom is -0.379 e. The molecule has 4 nitrogen and oxygen atoms in total. The van der Waals surface area contributed by atoms with Crippen LogP contribution in [0.2, 0.25) is 0 Å². The first kappa shape index (κ1) is 18.8. The van der Waals surface area contributed by atoms with E-state index in [1.807, 2.05) is 0 Å². The predicted molar refractivity (Wildman–Crippen MR) is 79.7 cm³/mol. The molecule has 0 saturated carbocycles. The number of ether oxygens (including phenoxy) is 3. The Labute approximate surface area is 119 Å². The Hall–Kier alpha value is -0.160. The largest absolute Gasteiger partial charge is 0.379 e. The Balaban J connectivity index is 3.07. The Morgan fingerprint density at radius 1 is 0.789 bits per heavy atom. The molecule has 0 aromatic rings. The van der Waals surface area contributed by atoms with Crippen LogP contribution in [-0.2, 0) is 14.2 Å². The normalized spacial score (nSPS) is 12.0. The van der Waals surface area contributed by atoms with Crippen molar-refractivity contribution in [2.24, 2.45) is 0 Å². The molecule has 116 valence electrons. The van der Waals surface area contributed by atoms with Crippen LogP contribution < -0.4 is 5.32 Å². The van der Waals surface area contributed by atoms with E-state index in [0.717, 1.165) is 32.6 Å². The zero-order valence-corrected chi connectivity index (χ0v) is 13.3. The summed E-state index contributed by atoms with van der Waals surface area (Å²) in [6.07, 6.45) is 3.43. The van der Waals surface area contributed by atoms with Crippen molar-refractivity contribution in [1.29, 1.82) is 0 Å². The first-order chi connectivity index (χ1) is 9.12. The Bertz CT molecular complexity index is 186. The summed E-state index contributed by atoms with van der Waals surface area (Å²) in [4.78, 5) is 0. The number of unbranched alkanes of at least 4 members (excludes halogenated alkanes) is 1. The summed E-state index contributed by atoms with van der Waals surface area (Å²) < 4.78 is 16.3. The fourth-order valence-corrected chi connectivity index (χ4v) is 1.37. The van der Waals surface area contributed by atoms with E-state index in [1.54, 1.807) is 0 Å². The highest BCUT2D eigenvalue weighted by molar-refractivity contribution is 4.74. The van der Waals surface area contributed by atoms with Gasteiger partial charge in [-0.2, -0.15) is 0 Å². The summed E-state index contributed by atoms with van der Waals surface area (Å²) in [6.45, 7) is 13.9. The SMILES string of the molecule is CCCCOCCOCCOCCNC(C)(C)CC. The standard InChI is InChI=1S/C15H33NO3/c1-5-7-9-17-11-13-19-14-12-18-10-8-16-15(3,4)6-2/h16H,5-14H2,1-4H3. The molecular formula is C15H33NO3. The Morgan fingerprint density at radius 2 is 1.32 bits per heavy atom. The lowest BCUT2D eigenvalue weighted by Gasteiger charge is -2.24. The van der Waals surface area contributed by atoms with Crippen molar-refractivity contribution in [2.45, 2.75) is 52.5 Å². The van der Waals surface area contributed by atoms with Gasteiger partial charge >= 0.3 is 0 Å². The van der Waals surface area contributed by atoms with E-state index in [9.17, 15) is 0 Å². The van der Waals surface area contributed by atoms with Gasteiger partial charge in [-0.05, 0) is 26.7 Å². The molecule has 0 fully saturated rings. The highest BCUT2D eigenvalue weighted by Gasteiger charge is 2.12. The molecule has 0 radical (unpaired) electrons. The van der Waals surface area contributed by atoms with Crippen LogP contribution in [-0.4, -0.2) is 51.7 Å². The first-order valence-electron chi connectivity index (χ1n) is 7.60. The summed E-state index contributed by atoms with van der Waals surface area (Å²) >= 11 is 0. The second-order valence-corrected chi connectivity index (χ2v) is 5.35. The average molecular weight is 275 g/mol. The van der Waals surface area contributed by atoms with Gasteiger partial charge in [-0.3, -0.25) is 0 Å². The number of nitrogens with one attached hydrogen (secondary N) is 1. The van der Waals surface area contributed by atoms with Gasteiger partial charge < -0.3 is 19.5 Å². The molecule has 19 heavy (non-hydrogen) atoms. The number of rotatable bonds is 14. The van der Waals surface area contributed by atoms with Crippen LogP contribution in [0.3, 0.4) is 0 Å². The quantitative estimate of drug-likeness (QED) is 0.495. The smallest absolute Gasteiger partial charge is 0.0701 e. The highest BCUT2D eigenvalue weighted by Crippen LogP contribution is 2.05. The Kier molecular flexibility index (Phi) is 12.7. The van der Waals surface area contributed by atoms with Crippen molar-refractivity contribution in [1.82, 2.24) is 5.32 Å². The summed E-state index contributed by atoms with van der Waals surface area (Å²) in [5, 5.41) is 3.45. The molecule has 0 aliphatic heterocycles. The van der Waals surface area contributed by atoms with Crippen molar-refractivity contribution in [3.05, 3.63) is 0 Å². The maximum Gasteiger partial charge on any atom is 0.0701 e.